The van der Waals surface area contributed by atoms with Crippen molar-refractivity contribution in [3.63, 3.8) is 0 Å². The van der Waals surface area contributed by atoms with Gasteiger partial charge in [0.1, 0.15) is 11.7 Å². The lowest BCUT2D eigenvalue weighted by Crippen LogP contribution is -2.61. The van der Waals surface area contributed by atoms with Crippen molar-refractivity contribution in [2.24, 2.45) is 10.3 Å². The standard InChI is InChI=1S/C16H22N4/c1-3-8-14(9-4-1)20-16(19-12-5-2-6-13-19)11-7-10-15(16)17-18-20/h1,3-4,8-9,15H,2,5-7,10-13H2/t15-,16+/m0/s1. The molecule has 1 saturated carbocycles. The second kappa shape index (κ2) is 4.85. The van der Waals surface area contributed by atoms with Crippen LogP contribution in [0.2, 0.25) is 0 Å². The minimum Gasteiger partial charge on any atom is -0.277 e. The third kappa shape index (κ3) is 1.71. The number of nitrogens with zero attached hydrogens (tertiary/aromatic N) is 4. The first-order valence-electron chi connectivity index (χ1n) is 7.92. The number of hydrogen-bond acceptors (Lipinski definition) is 4. The van der Waals surface area contributed by atoms with Crippen molar-refractivity contribution in [1.82, 2.24) is 4.90 Å². The highest BCUT2D eigenvalue weighted by molar-refractivity contribution is 5.49. The normalized spacial score (nSPS) is 33.6. The van der Waals surface area contributed by atoms with Crippen molar-refractivity contribution in [1.29, 1.82) is 0 Å². The van der Waals surface area contributed by atoms with Gasteiger partial charge in [0.15, 0.2) is 0 Å². The number of para-hydroxylation sites is 1. The van der Waals surface area contributed by atoms with E-state index in [4.69, 9.17) is 0 Å². The van der Waals surface area contributed by atoms with Gasteiger partial charge in [0.2, 0.25) is 0 Å². The lowest BCUT2D eigenvalue weighted by Gasteiger charge is -2.46. The van der Waals surface area contributed by atoms with Gasteiger partial charge < -0.3 is 0 Å². The highest BCUT2D eigenvalue weighted by Gasteiger charge is 2.56. The zero-order chi connectivity index (χ0) is 13.4. The summed E-state index contributed by atoms with van der Waals surface area (Å²) in [5, 5.41) is 11.4. The largest absolute Gasteiger partial charge is 0.277 e. The Kier molecular flexibility index (Phi) is 2.99. The summed E-state index contributed by atoms with van der Waals surface area (Å²) in [7, 11) is 0. The topological polar surface area (TPSA) is 31.2 Å². The molecule has 20 heavy (non-hydrogen) atoms. The van der Waals surface area contributed by atoms with Crippen LogP contribution in [0.4, 0.5) is 5.69 Å². The molecule has 2 aliphatic heterocycles. The SMILES string of the molecule is c1ccc(N2N=N[C@H]3CCC[C@]32N2CCCCC2)cc1. The van der Waals surface area contributed by atoms with Gasteiger partial charge in [0.05, 0.1) is 5.69 Å². The summed E-state index contributed by atoms with van der Waals surface area (Å²) in [6, 6.07) is 10.9. The van der Waals surface area contributed by atoms with E-state index in [0.29, 0.717) is 6.04 Å². The van der Waals surface area contributed by atoms with Crippen LogP contribution in [0.3, 0.4) is 0 Å². The zero-order valence-electron chi connectivity index (χ0n) is 11.9. The average Bonchev–Trinajstić information content (AvgIpc) is 3.08. The Morgan fingerprint density at radius 3 is 2.60 bits per heavy atom. The molecule has 106 valence electrons. The second-order valence-electron chi connectivity index (χ2n) is 6.19. The van der Waals surface area contributed by atoms with E-state index in [0.717, 1.165) is 0 Å². The fourth-order valence-electron chi connectivity index (χ4n) is 4.17. The first-order chi connectivity index (χ1) is 9.91. The Morgan fingerprint density at radius 1 is 1.00 bits per heavy atom. The Balaban J connectivity index is 1.72. The predicted octanol–water partition coefficient (Wildman–Crippen LogP) is 3.61. The Hall–Kier alpha value is -1.42. The summed E-state index contributed by atoms with van der Waals surface area (Å²) in [5.41, 5.74) is 1.22. The molecule has 1 aliphatic carbocycles. The first kappa shape index (κ1) is 12.3. The Morgan fingerprint density at radius 2 is 1.80 bits per heavy atom. The highest BCUT2D eigenvalue weighted by Crippen LogP contribution is 2.47. The van der Waals surface area contributed by atoms with E-state index in [1.165, 1.54) is 57.3 Å². The van der Waals surface area contributed by atoms with Gasteiger partial charge in [0, 0.05) is 13.1 Å². The monoisotopic (exact) mass is 270 g/mol. The maximum atomic E-state index is 4.61. The van der Waals surface area contributed by atoms with Crippen molar-refractivity contribution >= 4 is 5.69 Å². The number of hydrogen-bond donors (Lipinski definition) is 0. The lowest BCUT2D eigenvalue weighted by atomic mass is 9.97. The quantitative estimate of drug-likeness (QED) is 0.822. The van der Waals surface area contributed by atoms with Crippen LogP contribution < -0.4 is 5.01 Å². The van der Waals surface area contributed by atoms with Crippen LogP contribution in [-0.2, 0) is 0 Å². The first-order valence-corrected chi connectivity index (χ1v) is 7.92. The third-order valence-electron chi connectivity index (χ3n) is 5.11. The molecule has 2 fully saturated rings. The van der Waals surface area contributed by atoms with E-state index in [1.807, 2.05) is 0 Å². The second-order valence-corrected chi connectivity index (χ2v) is 6.19. The summed E-state index contributed by atoms with van der Waals surface area (Å²) in [5.74, 6) is 0. The van der Waals surface area contributed by atoms with Crippen molar-refractivity contribution in [3.8, 4) is 0 Å². The molecule has 0 bridgehead atoms. The molecule has 0 aromatic heterocycles. The average molecular weight is 270 g/mol. The minimum absolute atomic E-state index is 0.0295. The van der Waals surface area contributed by atoms with E-state index in [9.17, 15) is 0 Å². The van der Waals surface area contributed by atoms with Crippen molar-refractivity contribution in [2.45, 2.75) is 50.2 Å². The van der Waals surface area contributed by atoms with Crippen LogP contribution in [0.5, 0.6) is 0 Å². The molecular formula is C16H22N4. The van der Waals surface area contributed by atoms with Gasteiger partial charge in [-0.3, -0.25) is 4.90 Å². The van der Waals surface area contributed by atoms with E-state index in [1.54, 1.807) is 0 Å². The molecule has 1 aromatic rings. The third-order valence-corrected chi connectivity index (χ3v) is 5.11. The number of rotatable bonds is 2. The van der Waals surface area contributed by atoms with Crippen LogP contribution in [0.15, 0.2) is 40.7 Å². The van der Waals surface area contributed by atoms with E-state index in [2.05, 4.69) is 50.6 Å². The number of likely N-dealkylation sites (tertiary alicyclic amines) is 1. The van der Waals surface area contributed by atoms with Crippen LogP contribution in [-0.4, -0.2) is 29.7 Å². The number of anilines is 1. The molecule has 0 spiro atoms. The highest BCUT2D eigenvalue weighted by atomic mass is 15.7. The van der Waals surface area contributed by atoms with Gasteiger partial charge in [-0.05, 0) is 44.2 Å². The van der Waals surface area contributed by atoms with Gasteiger partial charge in [-0.2, -0.15) is 5.11 Å². The molecule has 1 aromatic carbocycles. The summed E-state index contributed by atoms with van der Waals surface area (Å²) >= 11 is 0. The number of piperidine rings is 1. The van der Waals surface area contributed by atoms with E-state index in [-0.39, 0.29) is 5.66 Å². The molecular weight excluding hydrogens is 248 g/mol. The van der Waals surface area contributed by atoms with Gasteiger partial charge in [0.25, 0.3) is 0 Å². The van der Waals surface area contributed by atoms with Crippen molar-refractivity contribution in [3.05, 3.63) is 30.3 Å². The van der Waals surface area contributed by atoms with Crippen LogP contribution in [0, 0.1) is 0 Å². The fraction of sp³-hybridized carbons (Fsp3) is 0.625. The lowest BCUT2D eigenvalue weighted by molar-refractivity contribution is 0.0683. The molecule has 4 heteroatoms. The molecule has 0 N–H and O–H groups in total. The van der Waals surface area contributed by atoms with Gasteiger partial charge >= 0.3 is 0 Å². The van der Waals surface area contributed by atoms with E-state index >= 15 is 0 Å². The molecule has 2 atom stereocenters. The van der Waals surface area contributed by atoms with Gasteiger partial charge in [-0.1, -0.05) is 29.8 Å². The van der Waals surface area contributed by atoms with Crippen LogP contribution in [0.1, 0.15) is 38.5 Å². The zero-order valence-corrected chi connectivity index (χ0v) is 11.9. The summed E-state index contributed by atoms with van der Waals surface area (Å²) in [6.07, 6.45) is 7.65. The maximum Gasteiger partial charge on any atom is 0.141 e. The maximum absolute atomic E-state index is 4.61. The Bertz CT molecular complexity index is 494. The number of benzene rings is 1. The molecule has 3 aliphatic rings. The number of fused-ring (bicyclic) bond motifs is 1. The van der Waals surface area contributed by atoms with E-state index < -0.39 is 0 Å². The summed E-state index contributed by atoms with van der Waals surface area (Å²) < 4.78 is 0. The molecule has 0 amide bonds. The molecule has 0 unspecified atom stereocenters. The molecule has 0 radical (unpaired) electrons. The summed E-state index contributed by atoms with van der Waals surface area (Å²) in [4.78, 5) is 2.67. The minimum atomic E-state index is 0.0295. The van der Waals surface area contributed by atoms with Gasteiger partial charge in [-0.15, -0.1) is 0 Å². The molecule has 4 nitrogen and oxygen atoms in total. The predicted molar refractivity (Wildman–Crippen MR) is 79.6 cm³/mol. The molecule has 2 heterocycles. The Labute approximate surface area is 120 Å². The van der Waals surface area contributed by atoms with Crippen LogP contribution in [0.25, 0.3) is 0 Å². The summed E-state index contributed by atoms with van der Waals surface area (Å²) in [6.45, 7) is 2.40. The molecule has 4 rings (SSSR count). The smallest absolute Gasteiger partial charge is 0.141 e. The van der Waals surface area contributed by atoms with Gasteiger partial charge in [-0.25, -0.2) is 5.01 Å². The fourth-order valence-corrected chi connectivity index (χ4v) is 4.17. The van der Waals surface area contributed by atoms with Crippen molar-refractivity contribution < 1.29 is 0 Å². The van der Waals surface area contributed by atoms with Crippen molar-refractivity contribution in [2.75, 3.05) is 18.1 Å². The van der Waals surface area contributed by atoms with Crippen LogP contribution >= 0.6 is 0 Å². The molecule has 1 saturated heterocycles.